The van der Waals surface area contributed by atoms with E-state index in [1.807, 2.05) is 15.9 Å². The van der Waals surface area contributed by atoms with Gasteiger partial charge in [-0.3, -0.25) is 0 Å². The van der Waals surface area contributed by atoms with E-state index in [1.54, 1.807) is 6.07 Å². The topological polar surface area (TPSA) is 113 Å². The molecule has 2 aromatic rings. The average molecular weight is 435 g/mol. The predicted octanol–water partition coefficient (Wildman–Crippen LogP) is 1.68. The van der Waals surface area contributed by atoms with Gasteiger partial charge >= 0.3 is 6.18 Å². The average Bonchev–Trinajstić information content (AvgIpc) is 2.79. The number of nitrogens with zero attached hydrogens (tertiary/aromatic N) is 6. The van der Waals surface area contributed by atoms with Crippen molar-refractivity contribution in [1.82, 2.24) is 15.0 Å². The highest BCUT2D eigenvalue weighted by Crippen LogP contribution is 2.39. The molecular formula is C19H20F3N7O2. The molecule has 0 unspecified atom stereocenters. The number of morpholine rings is 2. The van der Waals surface area contributed by atoms with Crippen molar-refractivity contribution in [3.05, 3.63) is 23.5 Å². The van der Waals surface area contributed by atoms with Crippen molar-refractivity contribution < 1.29 is 22.6 Å². The van der Waals surface area contributed by atoms with Gasteiger partial charge in [-0.1, -0.05) is 0 Å². The Morgan fingerprint density at radius 2 is 1.61 bits per heavy atom. The van der Waals surface area contributed by atoms with Gasteiger partial charge in [0.25, 0.3) is 0 Å². The van der Waals surface area contributed by atoms with Gasteiger partial charge in [-0.15, -0.1) is 0 Å². The number of hydrogen-bond acceptors (Lipinski definition) is 9. The van der Waals surface area contributed by atoms with Crippen LogP contribution in [-0.2, 0) is 15.7 Å². The van der Waals surface area contributed by atoms with E-state index < -0.39 is 17.8 Å². The van der Waals surface area contributed by atoms with Crippen LogP contribution in [0.2, 0.25) is 0 Å². The first-order chi connectivity index (χ1) is 14.9. The van der Waals surface area contributed by atoms with Gasteiger partial charge in [0.05, 0.1) is 43.4 Å². The smallest absolute Gasteiger partial charge is 0.378 e. The Balaban J connectivity index is 1.94. The standard InChI is InChI=1S/C19H20F3N7O2/c20-19(21,22)17-13(11-25-18(24)27-17)16-12(10-23)14(28-1-5-30-6-2-28)9-15(26-16)29-3-7-31-8-4-29/h9,11H,1-8H2,(H2,24,25,27). The summed E-state index contributed by atoms with van der Waals surface area (Å²) in [5.74, 6) is -0.0453. The second-order valence-electron chi connectivity index (χ2n) is 7.02. The Morgan fingerprint density at radius 3 is 2.19 bits per heavy atom. The maximum Gasteiger partial charge on any atom is 0.434 e. The van der Waals surface area contributed by atoms with Crippen LogP contribution in [0.3, 0.4) is 0 Å². The molecule has 0 radical (unpaired) electrons. The molecule has 31 heavy (non-hydrogen) atoms. The van der Waals surface area contributed by atoms with Crippen LogP contribution in [0.4, 0.5) is 30.6 Å². The van der Waals surface area contributed by atoms with Crippen molar-refractivity contribution in [2.24, 2.45) is 0 Å². The highest BCUT2D eigenvalue weighted by Gasteiger charge is 2.38. The van der Waals surface area contributed by atoms with Crippen LogP contribution >= 0.6 is 0 Å². The molecule has 0 atom stereocenters. The summed E-state index contributed by atoms with van der Waals surface area (Å²) >= 11 is 0. The fourth-order valence-corrected chi connectivity index (χ4v) is 3.62. The largest absolute Gasteiger partial charge is 0.434 e. The van der Waals surface area contributed by atoms with Gasteiger partial charge in [0, 0.05) is 38.4 Å². The number of nitriles is 1. The summed E-state index contributed by atoms with van der Waals surface area (Å²) in [7, 11) is 0. The quantitative estimate of drug-likeness (QED) is 0.769. The number of rotatable bonds is 3. The summed E-state index contributed by atoms with van der Waals surface area (Å²) in [6.07, 6.45) is -3.82. The van der Waals surface area contributed by atoms with Crippen molar-refractivity contribution in [2.45, 2.75) is 6.18 Å². The number of halogens is 3. The zero-order chi connectivity index (χ0) is 22.0. The van der Waals surface area contributed by atoms with Crippen molar-refractivity contribution >= 4 is 17.5 Å². The third-order valence-electron chi connectivity index (χ3n) is 5.11. The Labute approximate surface area is 176 Å². The molecule has 164 valence electrons. The minimum Gasteiger partial charge on any atom is -0.378 e. The third kappa shape index (κ3) is 4.33. The second-order valence-corrected chi connectivity index (χ2v) is 7.02. The van der Waals surface area contributed by atoms with Gasteiger partial charge in [0.2, 0.25) is 5.95 Å². The first-order valence-electron chi connectivity index (χ1n) is 9.69. The van der Waals surface area contributed by atoms with Crippen LogP contribution in [-0.4, -0.2) is 67.6 Å². The highest BCUT2D eigenvalue weighted by atomic mass is 19.4. The normalized spacial score (nSPS) is 17.5. The van der Waals surface area contributed by atoms with Gasteiger partial charge in [0.15, 0.2) is 5.69 Å². The molecule has 2 aliphatic heterocycles. The lowest BCUT2D eigenvalue weighted by atomic mass is 10.0. The molecular weight excluding hydrogens is 415 g/mol. The van der Waals surface area contributed by atoms with Crippen LogP contribution in [0.1, 0.15) is 11.3 Å². The van der Waals surface area contributed by atoms with E-state index in [9.17, 15) is 18.4 Å². The van der Waals surface area contributed by atoms with Crippen molar-refractivity contribution in [3.63, 3.8) is 0 Å². The molecule has 4 rings (SSSR count). The molecule has 9 nitrogen and oxygen atoms in total. The maximum absolute atomic E-state index is 13.7. The minimum atomic E-state index is -4.80. The minimum absolute atomic E-state index is 0.0257. The van der Waals surface area contributed by atoms with E-state index in [4.69, 9.17) is 15.2 Å². The number of anilines is 3. The van der Waals surface area contributed by atoms with E-state index in [1.165, 1.54) is 0 Å². The fourth-order valence-electron chi connectivity index (χ4n) is 3.62. The lowest BCUT2D eigenvalue weighted by molar-refractivity contribution is -0.140. The second kappa shape index (κ2) is 8.52. The third-order valence-corrected chi connectivity index (χ3v) is 5.11. The number of pyridine rings is 1. The number of ether oxygens (including phenoxy) is 2. The number of nitrogen functional groups attached to an aromatic ring is 1. The molecule has 0 amide bonds. The van der Waals surface area contributed by atoms with Crippen LogP contribution in [0.15, 0.2) is 12.3 Å². The molecule has 0 bridgehead atoms. The summed E-state index contributed by atoms with van der Waals surface area (Å²) in [6.45, 7) is 3.93. The number of nitrogens with two attached hydrogens (primary N) is 1. The van der Waals surface area contributed by atoms with Crippen LogP contribution in [0.25, 0.3) is 11.3 Å². The summed E-state index contributed by atoms with van der Waals surface area (Å²) in [6, 6.07) is 3.78. The Kier molecular flexibility index (Phi) is 5.79. The van der Waals surface area contributed by atoms with E-state index in [2.05, 4.69) is 15.0 Å². The van der Waals surface area contributed by atoms with Gasteiger partial charge < -0.3 is 25.0 Å². The van der Waals surface area contributed by atoms with E-state index in [0.717, 1.165) is 6.20 Å². The molecule has 4 heterocycles. The number of hydrogen-bond donors (Lipinski definition) is 1. The number of alkyl halides is 3. The van der Waals surface area contributed by atoms with Crippen LogP contribution in [0.5, 0.6) is 0 Å². The summed E-state index contributed by atoms with van der Waals surface area (Å²) in [5.41, 5.74) is 4.21. The summed E-state index contributed by atoms with van der Waals surface area (Å²) < 4.78 is 52.0. The SMILES string of the molecule is N#Cc1c(N2CCOCC2)cc(N2CCOCC2)nc1-c1cnc(N)nc1C(F)(F)F. The summed E-state index contributed by atoms with van der Waals surface area (Å²) in [4.78, 5) is 15.5. The molecule has 2 fully saturated rings. The Morgan fingerprint density at radius 1 is 1.00 bits per heavy atom. The molecule has 2 aliphatic rings. The number of aromatic nitrogens is 3. The van der Waals surface area contributed by atoms with Crippen LogP contribution in [0, 0.1) is 11.3 Å². The molecule has 0 aromatic carbocycles. The highest BCUT2D eigenvalue weighted by molar-refractivity contribution is 5.79. The van der Waals surface area contributed by atoms with Gasteiger partial charge in [-0.2, -0.15) is 18.4 Å². The van der Waals surface area contributed by atoms with E-state index in [-0.39, 0.29) is 16.8 Å². The molecule has 12 heteroatoms. The molecule has 2 saturated heterocycles. The van der Waals surface area contributed by atoms with E-state index >= 15 is 0 Å². The zero-order valence-corrected chi connectivity index (χ0v) is 16.5. The first kappa shape index (κ1) is 21.1. The Hall–Kier alpha value is -3.17. The lowest BCUT2D eigenvalue weighted by Gasteiger charge is -2.33. The monoisotopic (exact) mass is 435 g/mol. The lowest BCUT2D eigenvalue weighted by Crippen LogP contribution is -2.39. The molecule has 0 aliphatic carbocycles. The van der Waals surface area contributed by atoms with Crippen molar-refractivity contribution in [1.29, 1.82) is 5.26 Å². The van der Waals surface area contributed by atoms with Crippen LogP contribution < -0.4 is 15.5 Å². The zero-order valence-electron chi connectivity index (χ0n) is 16.5. The van der Waals surface area contributed by atoms with Crippen molar-refractivity contribution in [3.8, 4) is 17.3 Å². The van der Waals surface area contributed by atoms with E-state index in [0.29, 0.717) is 64.1 Å². The molecule has 0 spiro atoms. The summed E-state index contributed by atoms with van der Waals surface area (Å²) in [5, 5.41) is 9.91. The first-order valence-corrected chi connectivity index (χ1v) is 9.69. The molecule has 0 saturated carbocycles. The van der Waals surface area contributed by atoms with Crippen molar-refractivity contribution in [2.75, 3.05) is 68.1 Å². The fraction of sp³-hybridized carbons (Fsp3) is 0.474. The van der Waals surface area contributed by atoms with Gasteiger partial charge in [-0.05, 0) is 0 Å². The van der Waals surface area contributed by atoms with Gasteiger partial charge in [-0.25, -0.2) is 15.0 Å². The molecule has 2 N–H and O–H groups in total. The maximum atomic E-state index is 13.7. The Bertz CT molecular complexity index is 997. The van der Waals surface area contributed by atoms with Gasteiger partial charge in [0.1, 0.15) is 17.5 Å². The predicted molar refractivity (Wildman–Crippen MR) is 105 cm³/mol. The molecule has 2 aromatic heterocycles.